The highest BCUT2D eigenvalue weighted by Gasteiger charge is 2.03. The molecule has 0 aromatic rings. The first kappa shape index (κ1) is 41.1. The molecule has 240 valence electrons. The molecule has 4 heteroatoms. The van der Waals surface area contributed by atoms with Crippen molar-refractivity contribution in [1.82, 2.24) is 0 Å². The summed E-state index contributed by atoms with van der Waals surface area (Å²) < 4.78 is 10.2. The molecule has 0 heterocycles. The van der Waals surface area contributed by atoms with Gasteiger partial charge in [0.15, 0.2) is 0 Å². The van der Waals surface area contributed by atoms with Crippen LogP contribution in [0.15, 0.2) is 0 Å². The maximum atomic E-state index is 11.6. The van der Waals surface area contributed by atoms with Gasteiger partial charge >= 0.3 is 11.9 Å². The second kappa shape index (κ2) is 37.9. The summed E-state index contributed by atoms with van der Waals surface area (Å²) in [5.74, 6) is -0.0232. The Morgan fingerprint density at radius 1 is 0.350 bits per heavy atom. The Morgan fingerprint density at radius 2 is 0.625 bits per heavy atom. The van der Waals surface area contributed by atoms with E-state index in [0.717, 1.165) is 19.3 Å². The minimum absolute atomic E-state index is 0.0107. The van der Waals surface area contributed by atoms with Gasteiger partial charge in [-0.3, -0.25) is 9.59 Å². The van der Waals surface area contributed by atoms with E-state index in [-0.39, 0.29) is 11.9 Å². The first-order valence-electron chi connectivity index (χ1n) is 17.9. The van der Waals surface area contributed by atoms with E-state index >= 15 is 0 Å². The Kier molecular flexibility index (Phi) is 39.0. The van der Waals surface area contributed by atoms with Gasteiger partial charge in [-0.25, -0.2) is 0 Å². The van der Waals surface area contributed by atoms with Gasteiger partial charge in [-0.15, -0.1) is 0 Å². The second-order valence-corrected chi connectivity index (χ2v) is 11.7. The van der Waals surface area contributed by atoms with Crippen molar-refractivity contribution in [3.8, 4) is 0 Å². The van der Waals surface area contributed by atoms with Gasteiger partial charge in [0.25, 0.3) is 0 Å². The summed E-state index contributed by atoms with van der Waals surface area (Å²) in [7, 11) is 0. The molecule has 4 nitrogen and oxygen atoms in total. The highest BCUT2D eigenvalue weighted by molar-refractivity contribution is 5.69. The van der Waals surface area contributed by atoms with E-state index in [1.807, 2.05) is 6.92 Å². The molecule has 0 aliphatic heterocycles. The molecule has 0 aliphatic carbocycles. The average Bonchev–Trinajstić information content (AvgIpc) is 2.95. The minimum atomic E-state index is -0.0339. The van der Waals surface area contributed by atoms with Crippen molar-refractivity contribution in [1.29, 1.82) is 0 Å². The van der Waals surface area contributed by atoms with Crippen molar-refractivity contribution in [2.75, 3.05) is 13.2 Å². The molecule has 0 radical (unpaired) electrons. The summed E-state index contributed by atoms with van der Waals surface area (Å²) in [4.78, 5) is 22.6. The Balaban J connectivity index is 0. The first-order valence-corrected chi connectivity index (χ1v) is 17.9. The molecule has 0 amide bonds. The molecular weight excluding hydrogens is 496 g/mol. The maximum Gasteiger partial charge on any atom is 0.305 e. The summed E-state index contributed by atoms with van der Waals surface area (Å²) in [6.07, 6.45) is 34.8. The predicted molar refractivity (Wildman–Crippen MR) is 174 cm³/mol. The molecule has 0 aliphatic rings. The molecular formula is C36H72O4. The molecule has 40 heavy (non-hydrogen) atoms. The third-order valence-corrected chi connectivity index (χ3v) is 7.54. The third kappa shape index (κ3) is 39.1. The van der Waals surface area contributed by atoms with E-state index in [9.17, 15) is 9.59 Å². The highest BCUT2D eigenvalue weighted by Crippen LogP contribution is 2.13. The average molecular weight is 569 g/mol. The van der Waals surface area contributed by atoms with Crippen molar-refractivity contribution in [3.63, 3.8) is 0 Å². The fourth-order valence-electron chi connectivity index (χ4n) is 4.89. The Labute approximate surface area is 251 Å². The van der Waals surface area contributed by atoms with Crippen LogP contribution in [0, 0.1) is 0 Å². The van der Waals surface area contributed by atoms with Crippen LogP contribution in [0.3, 0.4) is 0 Å². The number of unbranched alkanes of at least 4 members (excludes halogenated alkanes) is 23. The molecule has 0 atom stereocenters. The van der Waals surface area contributed by atoms with Crippen molar-refractivity contribution < 1.29 is 19.1 Å². The predicted octanol–water partition coefficient (Wildman–Crippen LogP) is 12.1. The van der Waals surface area contributed by atoms with Gasteiger partial charge in [0, 0.05) is 12.8 Å². The van der Waals surface area contributed by atoms with E-state index in [1.54, 1.807) is 0 Å². The normalized spacial score (nSPS) is 10.7. The fourth-order valence-corrected chi connectivity index (χ4v) is 4.89. The SMILES string of the molecule is CCCCCCCCCCCC(=O)OCCCCCCCC.CCCCCCCCCCCCCC(=O)OCC. The van der Waals surface area contributed by atoms with E-state index in [2.05, 4.69) is 20.8 Å². The number of ether oxygens (including phenoxy) is 2. The molecule has 0 fully saturated rings. The standard InChI is InChI=1S/C20H40O2.C16H32O2/c1-3-5-7-9-11-12-13-14-16-18-20(21)22-19-17-15-10-8-6-4-2;1-3-5-6-7-8-9-10-11-12-13-14-15-16(17)18-4-2/h3-19H2,1-2H3;3-15H2,1-2H3. The largest absolute Gasteiger partial charge is 0.466 e. The van der Waals surface area contributed by atoms with Gasteiger partial charge in [-0.1, -0.05) is 168 Å². The van der Waals surface area contributed by atoms with Crippen molar-refractivity contribution >= 4 is 11.9 Å². The number of hydrogen-bond donors (Lipinski definition) is 0. The lowest BCUT2D eigenvalue weighted by Crippen LogP contribution is -2.05. The van der Waals surface area contributed by atoms with Gasteiger partial charge in [0.1, 0.15) is 0 Å². The Morgan fingerprint density at radius 3 is 0.950 bits per heavy atom. The number of rotatable bonds is 30. The molecule has 0 unspecified atom stereocenters. The van der Waals surface area contributed by atoms with Gasteiger partial charge in [-0.05, 0) is 26.2 Å². The Bertz CT molecular complexity index is 491. The van der Waals surface area contributed by atoms with Crippen LogP contribution in [0.4, 0.5) is 0 Å². The van der Waals surface area contributed by atoms with Crippen LogP contribution in [0.1, 0.15) is 207 Å². The minimum Gasteiger partial charge on any atom is -0.466 e. The highest BCUT2D eigenvalue weighted by atomic mass is 16.5. The zero-order valence-corrected chi connectivity index (χ0v) is 27.8. The van der Waals surface area contributed by atoms with Gasteiger partial charge < -0.3 is 9.47 Å². The molecule has 0 bridgehead atoms. The lowest BCUT2D eigenvalue weighted by atomic mass is 10.1. The van der Waals surface area contributed by atoms with Crippen molar-refractivity contribution in [2.24, 2.45) is 0 Å². The zero-order valence-electron chi connectivity index (χ0n) is 27.8. The maximum absolute atomic E-state index is 11.6. The lowest BCUT2D eigenvalue weighted by Gasteiger charge is -2.05. The quantitative estimate of drug-likeness (QED) is 0.0638. The van der Waals surface area contributed by atoms with Crippen LogP contribution in [0.2, 0.25) is 0 Å². The molecule has 0 saturated carbocycles. The monoisotopic (exact) mass is 569 g/mol. The molecule has 0 spiro atoms. The van der Waals surface area contributed by atoms with Crippen LogP contribution in [-0.2, 0) is 19.1 Å². The molecule has 0 N–H and O–H groups in total. The van der Waals surface area contributed by atoms with E-state index < -0.39 is 0 Å². The van der Waals surface area contributed by atoms with Crippen LogP contribution in [0.25, 0.3) is 0 Å². The Hall–Kier alpha value is -1.06. The first-order chi connectivity index (χ1) is 19.6. The van der Waals surface area contributed by atoms with Crippen LogP contribution in [-0.4, -0.2) is 25.2 Å². The topological polar surface area (TPSA) is 52.6 Å². The summed E-state index contributed by atoms with van der Waals surface area (Å²) in [6.45, 7) is 9.74. The summed E-state index contributed by atoms with van der Waals surface area (Å²) in [5.41, 5.74) is 0. The van der Waals surface area contributed by atoms with Crippen molar-refractivity contribution in [2.45, 2.75) is 207 Å². The lowest BCUT2D eigenvalue weighted by molar-refractivity contribution is -0.144. The third-order valence-electron chi connectivity index (χ3n) is 7.54. The van der Waals surface area contributed by atoms with Crippen LogP contribution >= 0.6 is 0 Å². The van der Waals surface area contributed by atoms with Crippen molar-refractivity contribution in [3.05, 3.63) is 0 Å². The van der Waals surface area contributed by atoms with E-state index in [4.69, 9.17) is 9.47 Å². The molecule has 0 aromatic carbocycles. The van der Waals surface area contributed by atoms with E-state index in [1.165, 1.54) is 148 Å². The molecule has 0 rings (SSSR count). The second-order valence-electron chi connectivity index (χ2n) is 11.7. The summed E-state index contributed by atoms with van der Waals surface area (Å²) in [6, 6.07) is 0. The number of carbonyl (C=O) groups excluding carboxylic acids is 2. The summed E-state index contributed by atoms with van der Waals surface area (Å²) in [5, 5.41) is 0. The fraction of sp³-hybridized carbons (Fsp3) is 0.944. The smallest absolute Gasteiger partial charge is 0.305 e. The molecule has 0 saturated heterocycles. The van der Waals surface area contributed by atoms with Gasteiger partial charge in [0.05, 0.1) is 13.2 Å². The van der Waals surface area contributed by atoms with Gasteiger partial charge in [-0.2, -0.15) is 0 Å². The number of hydrogen-bond acceptors (Lipinski definition) is 4. The molecule has 0 aromatic heterocycles. The number of carbonyl (C=O) groups is 2. The van der Waals surface area contributed by atoms with E-state index in [0.29, 0.717) is 26.1 Å². The summed E-state index contributed by atoms with van der Waals surface area (Å²) >= 11 is 0. The van der Waals surface area contributed by atoms with Crippen LogP contribution in [0.5, 0.6) is 0 Å². The zero-order chi connectivity index (χ0) is 29.8. The number of esters is 2. The van der Waals surface area contributed by atoms with Crippen LogP contribution < -0.4 is 0 Å². The van der Waals surface area contributed by atoms with Gasteiger partial charge in [0.2, 0.25) is 0 Å².